The van der Waals surface area contributed by atoms with E-state index in [0.717, 1.165) is 18.3 Å². The van der Waals surface area contributed by atoms with E-state index in [4.69, 9.17) is 5.26 Å². The van der Waals surface area contributed by atoms with Crippen LogP contribution in [0.5, 0.6) is 0 Å². The normalized spacial score (nSPS) is 22.3. The van der Waals surface area contributed by atoms with Crippen molar-refractivity contribution in [3.63, 3.8) is 0 Å². The monoisotopic (exact) mass is 397 g/mol. The Labute approximate surface area is 177 Å². The number of rotatable bonds is 6. The summed E-state index contributed by atoms with van der Waals surface area (Å²) in [6.45, 7) is 12.2. The summed E-state index contributed by atoms with van der Waals surface area (Å²) in [6, 6.07) is 10.8. The number of hydrogen-bond acceptors (Lipinski definition) is 4. The number of piperazine rings is 1. The first kappa shape index (κ1) is 23.4. The molecular weight excluding hydrogens is 358 g/mol. The van der Waals surface area contributed by atoms with Crippen LogP contribution in [0, 0.1) is 23.2 Å². The van der Waals surface area contributed by atoms with Gasteiger partial charge in [0, 0.05) is 31.9 Å². The van der Waals surface area contributed by atoms with Crippen molar-refractivity contribution in [2.75, 3.05) is 37.6 Å². The molecule has 0 spiro atoms. The van der Waals surface area contributed by atoms with E-state index < -0.39 is 0 Å². The maximum absolute atomic E-state index is 9.82. The van der Waals surface area contributed by atoms with Crippen molar-refractivity contribution >= 4 is 11.5 Å². The number of nitriles is 1. The van der Waals surface area contributed by atoms with Gasteiger partial charge in [0.25, 0.3) is 0 Å². The van der Waals surface area contributed by atoms with Crippen molar-refractivity contribution in [3.8, 4) is 6.07 Å². The Balaban J connectivity index is 0.000000438. The zero-order chi connectivity index (χ0) is 21.1. The standard InChI is InChI=1S/C21H34N2.C4H5NO/c1-3-19-5-4-6-21(17-19)23-15-13-22(14-16-23)12-11-20-9-7-18(2)8-10-20;1-4(6)2-3-5/h4-6,17-18,20H,3,7-16H2,1-2H3;2H2,1H3. The third-order valence-corrected chi connectivity index (χ3v) is 6.37. The molecule has 1 heterocycles. The van der Waals surface area contributed by atoms with Crippen LogP contribution in [-0.2, 0) is 11.2 Å². The molecule has 0 radical (unpaired) electrons. The van der Waals surface area contributed by atoms with Gasteiger partial charge >= 0.3 is 0 Å². The fourth-order valence-corrected chi connectivity index (χ4v) is 4.30. The number of nitrogens with zero attached hydrogens (tertiary/aromatic N) is 3. The van der Waals surface area contributed by atoms with Crippen LogP contribution in [0.3, 0.4) is 0 Å². The maximum Gasteiger partial charge on any atom is 0.143 e. The van der Waals surface area contributed by atoms with Gasteiger partial charge in [-0.15, -0.1) is 0 Å². The number of benzene rings is 1. The highest BCUT2D eigenvalue weighted by Gasteiger charge is 2.21. The molecule has 0 N–H and O–H groups in total. The first-order valence-electron chi connectivity index (χ1n) is 11.4. The van der Waals surface area contributed by atoms with Gasteiger partial charge in [-0.2, -0.15) is 5.26 Å². The number of carbonyl (C=O) groups is 1. The molecule has 0 amide bonds. The topological polar surface area (TPSA) is 47.3 Å². The molecule has 2 aliphatic rings. The maximum atomic E-state index is 9.82. The van der Waals surface area contributed by atoms with Gasteiger partial charge in [-0.3, -0.25) is 9.69 Å². The van der Waals surface area contributed by atoms with Gasteiger partial charge in [-0.25, -0.2) is 0 Å². The van der Waals surface area contributed by atoms with Crippen LogP contribution in [0.1, 0.15) is 64.9 Å². The van der Waals surface area contributed by atoms with Gasteiger partial charge in [0.2, 0.25) is 0 Å². The predicted octanol–water partition coefficient (Wildman–Crippen LogP) is 5.08. The molecule has 29 heavy (non-hydrogen) atoms. The second kappa shape index (κ2) is 12.6. The van der Waals surface area contributed by atoms with E-state index in [9.17, 15) is 4.79 Å². The molecule has 0 unspecified atom stereocenters. The van der Waals surface area contributed by atoms with E-state index in [-0.39, 0.29) is 12.2 Å². The van der Waals surface area contributed by atoms with E-state index in [0.29, 0.717) is 0 Å². The zero-order valence-corrected chi connectivity index (χ0v) is 18.7. The third kappa shape index (κ3) is 8.58. The van der Waals surface area contributed by atoms with Crippen molar-refractivity contribution in [2.45, 2.75) is 65.7 Å². The van der Waals surface area contributed by atoms with Gasteiger partial charge < -0.3 is 4.90 Å². The van der Waals surface area contributed by atoms with E-state index in [1.807, 2.05) is 0 Å². The van der Waals surface area contributed by atoms with Gasteiger partial charge in [-0.05, 0) is 55.8 Å². The van der Waals surface area contributed by atoms with Crippen LogP contribution in [0.15, 0.2) is 24.3 Å². The Morgan fingerprint density at radius 3 is 2.38 bits per heavy atom. The Kier molecular flexibility index (Phi) is 10.2. The predicted molar refractivity (Wildman–Crippen MR) is 121 cm³/mol. The number of aryl methyl sites for hydroxylation is 1. The Bertz CT molecular complexity index is 650. The van der Waals surface area contributed by atoms with Crippen LogP contribution in [-0.4, -0.2) is 43.4 Å². The summed E-state index contributed by atoms with van der Waals surface area (Å²) in [5.41, 5.74) is 2.88. The van der Waals surface area contributed by atoms with Crippen LogP contribution < -0.4 is 4.90 Å². The molecular formula is C25H39N3O. The third-order valence-electron chi connectivity index (χ3n) is 6.37. The molecule has 1 aromatic carbocycles. The zero-order valence-electron chi connectivity index (χ0n) is 18.7. The summed E-state index contributed by atoms with van der Waals surface area (Å²) in [7, 11) is 0. The molecule has 160 valence electrons. The first-order valence-corrected chi connectivity index (χ1v) is 11.4. The first-order chi connectivity index (χ1) is 14.0. The number of hydrogen-bond donors (Lipinski definition) is 0. The minimum absolute atomic E-state index is 0.0417. The van der Waals surface area contributed by atoms with E-state index in [2.05, 4.69) is 47.9 Å². The summed E-state index contributed by atoms with van der Waals surface area (Å²) in [5, 5.41) is 7.77. The number of ketones is 1. The summed E-state index contributed by atoms with van der Waals surface area (Å²) in [4.78, 5) is 15.1. The minimum Gasteiger partial charge on any atom is -0.369 e. The summed E-state index contributed by atoms with van der Waals surface area (Å²) in [6.07, 6.45) is 8.49. The largest absolute Gasteiger partial charge is 0.369 e. The van der Waals surface area contributed by atoms with Crippen molar-refractivity contribution in [1.82, 2.24) is 4.90 Å². The lowest BCUT2D eigenvalue weighted by Crippen LogP contribution is -2.47. The molecule has 1 saturated carbocycles. The summed E-state index contributed by atoms with van der Waals surface area (Å²) >= 11 is 0. The molecule has 3 rings (SSSR count). The fourth-order valence-electron chi connectivity index (χ4n) is 4.30. The van der Waals surface area contributed by atoms with Crippen molar-refractivity contribution in [3.05, 3.63) is 29.8 Å². The van der Waals surface area contributed by atoms with E-state index in [1.54, 1.807) is 6.07 Å². The van der Waals surface area contributed by atoms with Crippen LogP contribution in [0.25, 0.3) is 0 Å². The molecule has 0 aromatic heterocycles. The van der Waals surface area contributed by atoms with Crippen LogP contribution in [0.2, 0.25) is 0 Å². The van der Waals surface area contributed by atoms with Crippen LogP contribution >= 0.6 is 0 Å². The number of carbonyl (C=O) groups excluding carboxylic acids is 1. The molecule has 0 atom stereocenters. The summed E-state index contributed by atoms with van der Waals surface area (Å²) < 4.78 is 0. The molecule has 1 aromatic rings. The van der Waals surface area contributed by atoms with Crippen molar-refractivity contribution < 1.29 is 4.79 Å². The lowest BCUT2D eigenvalue weighted by molar-refractivity contribution is -0.116. The molecule has 1 aliphatic carbocycles. The Hall–Kier alpha value is -1.86. The van der Waals surface area contributed by atoms with E-state index in [1.165, 1.54) is 83.0 Å². The molecule has 1 aliphatic heterocycles. The second-order valence-electron chi connectivity index (χ2n) is 8.80. The molecule has 2 fully saturated rings. The van der Waals surface area contributed by atoms with Gasteiger partial charge in [0.15, 0.2) is 0 Å². The molecule has 0 bridgehead atoms. The van der Waals surface area contributed by atoms with E-state index >= 15 is 0 Å². The van der Waals surface area contributed by atoms with Crippen molar-refractivity contribution in [1.29, 1.82) is 5.26 Å². The average Bonchev–Trinajstić information content (AvgIpc) is 2.74. The smallest absolute Gasteiger partial charge is 0.143 e. The minimum atomic E-state index is -0.0718. The summed E-state index contributed by atoms with van der Waals surface area (Å²) in [5.74, 6) is 1.91. The second-order valence-corrected chi connectivity index (χ2v) is 8.80. The van der Waals surface area contributed by atoms with Gasteiger partial charge in [0.1, 0.15) is 5.78 Å². The van der Waals surface area contributed by atoms with Crippen molar-refractivity contribution in [2.24, 2.45) is 11.8 Å². The number of anilines is 1. The van der Waals surface area contributed by atoms with Gasteiger partial charge in [0.05, 0.1) is 12.5 Å². The van der Waals surface area contributed by atoms with Crippen LogP contribution in [0.4, 0.5) is 5.69 Å². The highest BCUT2D eigenvalue weighted by molar-refractivity contribution is 5.77. The molecule has 1 saturated heterocycles. The highest BCUT2D eigenvalue weighted by Crippen LogP contribution is 2.30. The SMILES string of the molecule is CC(=O)CC#N.CCc1cccc(N2CCN(CCC3CCC(C)CC3)CC2)c1. The Morgan fingerprint density at radius 2 is 1.83 bits per heavy atom. The van der Waals surface area contributed by atoms with Gasteiger partial charge in [-0.1, -0.05) is 51.7 Å². The fraction of sp³-hybridized carbons (Fsp3) is 0.680. The molecule has 4 heteroatoms. The lowest BCUT2D eigenvalue weighted by atomic mass is 9.81. The average molecular weight is 398 g/mol. The number of Topliss-reactive ketones (excluding diaryl/α,β-unsaturated/α-hetero) is 1. The quantitative estimate of drug-likeness (QED) is 0.672. The highest BCUT2D eigenvalue weighted by atomic mass is 16.1. The molecule has 4 nitrogen and oxygen atoms in total. The lowest BCUT2D eigenvalue weighted by Gasteiger charge is -2.37. The Morgan fingerprint density at radius 1 is 1.14 bits per heavy atom.